The zero-order valence-corrected chi connectivity index (χ0v) is 17.7. The zero-order valence-electron chi connectivity index (χ0n) is 17.7. The number of aliphatic hydroxyl groups excluding tert-OH is 2. The molecule has 0 aromatic rings. The normalized spacial score (nSPS) is 10.7. The molecular formula is C20H44O7. The predicted octanol–water partition coefficient (Wildman–Crippen LogP) is 2.42. The van der Waals surface area contributed by atoms with Gasteiger partial charge in [-0.3, -0.25) is 0 Å². The summed E-state index contributed by atoms with van der Waals surface area (Å²) in [6.07, 6.45) is 7.19. The lowest BCUT2D eigenvalue weighted by molar-refractivity contribution is 0.00723. The van der Waals surface area contributed by atoms with Crippen molar-refractivity contribution in [2.24, 2.45) is 0 Å². The fourth-order valence-corrected chi connectivity index (χ4v) is 1.90. The van der Waals surface area contributed by atoms with E-state index in [2.05, 4.69) is 13.8 Å². The van der Waals surface area contributed by atoms with E-state index in [-0.39, 0.29) is 13.2 Å². The SMILES string of the molecule is CCCCCOCCOCCO.CCCCCOCCOCCOCCO. The van der Waals surface area contributed by atoms with Crippen molar-refractivity contribution in [3.05, 3.63) is 0 Å². The van der Waals surface area contributed by atoms with E-state index in [1.165, 1.54) is 25.7 Å². The van der Waals surface area contributed by atoms with Gasteiger partial charge in [-0.25, -0.2) is 0 Å². The molecule has 0 atom stereocenters. The molecule has 0 aliphatic heterocycles. The molecule has 0 spiro atoms. The van der Waals surface area contributed by atoms with Crippen LogP contribution in [-0.2, 0) is 23.7 Å². The van der Waals surface area contributed by atoms with Gasteiger partial charge in [-0.15, -0.1) is 0 Å². The summed E-state index contributed by atoms with van der Waals surface area (Å²) >= 11 is 0. The van der Waals surface area contributed by atoms with Crippen LogP contribution in [0.1, 0.15) is 52.4 Å². The van der Waals surface area contributed by atoms with Crippen molar-refractivity contribution in [3.8, 4) is 0 Å². The lowest BCUT2D eigenvalue weighted by Gasteiger charge is -2.05. The third kappa shape index (κ3) is 33.7. The van der Waals surface area contributed by atoms with Crippen LogP contribution in [0.2, 0.25) is 0 Å². The molecule has 0 rings (SSSR count). The third-order valence-corrected chi connectivity index (χ3v) is 3.37. The molecule has 0 unspecified atom stereocenters. The molecule has 0 aromatic carbocycles. The molecule has 0 aliphatic rings. The summed E-state index contributed by atoms with van der Waals surface area (Å²) in [6.45, 7) is 10.6. The number of unbranched alkanes of at least 4 members (excludes halogenated alkanes) is 4. The van der Waals surface area contributed by atoms with E-state index in [9.17, 15) is 0 Å². The Hall–Kier alpha value is -0.280. The van der Waals surface area contributed by atoms with Gasteiger partial charge in [0.25, 0.3) is 0 Å². The quantitative estimate of drug-likeness (QED) is 0.288. The topological polar surface area (TPSA) is 86.6 Å². The van der Waals surface area contributed by atoms with Gasteiger partial charge in [0.2, 0.25) is 0 Å². The van der Waals surface area contributed by atoms with Crippen molar-refractivity contribution in [2.45, 2.75) is 52.4 Å². The molecule has 0 amide bonds. The molecule has 7 heteroatoms. The van der Waals surface area contributed by atoms with E-state index in [4.69, 9.17) is 33.9 Å². The van der Waals surface area contributed by atoms with E-state index < -0.39 is 0 Å². The van der Waals surface area contributed by atoms with Gasteiger partial charge in [-0.2, -0.15) is 0 Å². The molecule has 166 valence electrons. The summed E-state index contributed by atoms with van der Waals surface area (Å²) < 4.78 is 25.9. The van der Waals surface area contributed by atoms with Gasteiger partial charge < -0.3 is 33.9 Å². The maximum Gasteiger partial charge on any atom is 0.0701 e. The Morgan fingerprint density at radius 2 is 0.704 bits per heavy atom. The summed E-state index contributed by atoms with van der Waals surface area (Å²) in [7, 11) is 0. The summed E-state index contributed by atoms with van der Waals surface area (Å²) in [5, 5.41) is 16.8. The first kappa shape index (κ1) is 28.9. The van der Waals surface area contributed by atoms with E-state index >= 15 is 0 Å². The highest BCUT2D eigenvalue weighted by Gasteiger charge is 1.91. The summed E-state index contributed by atoms with van der Waals surface area (Å²) in [4.78, 5) is 0. The maximum atomic E-state index is 8.42. The van der Waals surface area contributed by atoms with Crippen molar-refractivity contribution >= 4 is 0 Å². The molecule has 0 bridgehead atoms. The monoisotopic (exact) mass is 396 g/mol. The Bertz CT molecular complexity index is 208. The average Bonchev–Trinajstić information content (AvgIpc) is 2.69. The second-order valence-corrected chi connectivity index (χ2v) is 5.92. The highest BCUT2D eigenvalue weighted by atomic mass is 16.5. The van der Waals surface area contributed by atoms with Crippen LogP contribution < -0.4 is 0 Å². The van der Waals surface area contributed by atoms with Crippen LogP contribution >= 0.6 is 0 Å². The molecule has 0 saturated heterocycles. The lowest BCUT2D eigenvalue weighted by atomic mass is 10.3. The van der Waals surface area contributed by atoms with Crippen molar-refractivity contribution < 1.29 is 33.9 Å². The van der Waals surface area contributed by atoms with Crippen molar-refractivity contribution in [2.75, 3.05) is 79.3 Å². The van der Waals surface area contributed by atoms with E-state index in [0.717, 1.165) is 26.1 Å². The summed E-state index contributed by atoms with van der Waals surface area (Å²) in [5.74, 6) is 0. The third-order valence-electron chi connectivity index (χ3n) is 3.37. The Labute approximate surface area is 166 Å². The van der Waals surface area contributed by atoms with Gasteiger partial charge in [-0.1, -0.05) is 39.5 Å². The molecular weight excluding hydrogens is 352 g/mol. The second-order valence-electron chi connectivity index (χ2n) is 5.92. The molecule has 7 nitrogen and oxygen atoms in total. The van der Waals surface area contributed by atoms with Crippen LogP contribution in [0.25, 0.3) is 0 Å². The van der Waals surface area contributed by atoms with Gasteiger partial charge in [-0.05, 0) is 12.8 Å². The summed E-state index contributed by atoms with van der Waals surface area (Å²) in [6, 6.07) is 0. The minimum Gasteiger partial charge on any atom is -0.394 e. The standard InChI is InChI=1S/C11H24O4.C9H20O3/c1-2-3-4-6-13-8-10-15-11-9-14-7-5-12;1-2-3-4-6-11-8-9-12-7-5-10/h12H,2-11H2,1H3;10H,2-9H2,1H3. The number of hydrogen-bond acceptors (Lipinski definition) is 7. The van der Waals surface area contributed by atoms with Gasteiger partial charge in [0.05, 0.1) is 66.1 Å². The Morgan fingerprint density at radius 3 is 1.00 bits per heavy atom. The van der Waals surface area contributed by atoms with Gasteiger partial charge >= 0.3 is 0 Å². The number of aliphatic hydroxyl groups is 2. The average molecular weight is 397 g/mol. The van der Waals surface area contributed by atoms with E-state index in [1.54, 1.807) is 0 Å². The Balaban J connectivity index is 0. The summed E-state index contributed by atoms with van der Waals surface area (Å²) in [5.41, 5.74) is 0. The largest absolute Gasteiger partial charge is 0.394 e. The van der Waals surface area contributed by atoms with Gasteiger partial charge in [0.15, 0.2) is 0 Å². The molecule has 0 heterocycles. The lowest BCUT2D eigenvalue weighted by Crippen LogP contribution is -2.11. The van der Waals surface area contributed by atoms with Crippen molar-refractivity contribution in [1.29, 1.82) is 0 Å². The van der Waals surface area contributed by atoms with Crippen LogP contribution in [0.3, 0.4) is 0 Å². The van der Waals surface area contributed by atoms with Gasteiger partial charge in [0, 0.05) is 13.2 Å². The smallest absolute Gasteiger partial charge is 0.0701 e. The van der Waals surface area contributed by atoms with Crippen LogP contribution in [0, 0.1) is 0 Å². The number of rotatable bonds is 21. The highest BCUT2D eigenvalue weighted by Crippen LogP contribution is 1.94. The Kier molecular flexibility index (Phi) is 32.6. The zero-order chi connectivity index (χ0) is 20.3. The maximum absolute atomic E-state index is 8.42. The minimum absolute atomic E-state index is 0.0700. The van der Waals surface area contributed by atoms with Crippen molar-refractivity contribution in [3.63, 3.8) is 0 Å². The van der Waals surface area contributed by atoms with E-state index in [1.807, 2.05) is 0 Å². The molecule has 2 N–H and O–H groups in total. The van der Waals surface area contributed by atoms with Crippen molar-refractivity contribution in [1.82, 2.24) is 0 Å². The van der Waals surface area contributed by atoms with E-state index in [0.29, 0.717) is 52.9 Å². The second kappa shape index (κ2) is 30.4. The van der Waals surface area contributed by atoms with Crippen LogP contribution in [-0.4, -0.2) is 89.5 Å². The molecule has 0 aromatic heterocycles. The molecule has 0 aliphatic carbocycles. The molecule has 0 saturated carbocycles. The first-order valence-corrected chi connectivity index (χ1v) is 10.4. The fraction of sp³-hybridized carbons (Fsp3) is 1.00. The fourth-order valence-electron chi connectivity index (χ4n) is 1.90. The highest BCUT2D eigenvalue weighted by molar-refractivity contribution is 4.38. The number of hydrogen-bond donors (Lipinski definition) is 2. The molecule has 0 fully saturated rings. The van der Waals surface area contributed by atoms with Crippen LogP contribution in [0.5, 0.6) is 0 Å². The minimum atomic E-state index is 0.0700. The van der Waals surface area contributed by atoms with Crippen LogP contribution in [0.4, 0.5) is 0 Å². The first-order valence-electron chi connectivity index (χ1n) is 10.4. The number of ether oxygens (including phenoxy) is 5. The van der Waals surface area contributed by atoms with Crippen LogP contribution in [0.15, 0.2) is 0 Å². The molecule has 27 heavy (non-hydrogen) atoms. The predicted molar refractivity (Wildman–Crippen MR) is 107 cm³/mol. The molecule has 0 radical (unpaired) electrons. The van der Waals surface area contributed by atoms with Gasteiger partial charge in [0.1, 0.15) is 0 Å². The first-order chi connectivity index (χ1) is 13.3. The Morgan fingerprint density at radius 1 is 0.407 bits per heavy atom.